The van der Waals surface area contributed by atoms with E-state index in [2.05, 4.69) is 20.6 Å². The van der Waals surface area contributed by atoms with Crippen LogP contribution in [0, 0.1) is 31.6 Å². The number of carbonyl (C=O) groups excluding carboxylic acids is 1. The summed E-state index contributed by atoms with van der Waals surface area (Å²) < 4.78 is 0. The predicted molar refractivity (Wildman–Crippen MR) is 77.5 cm³/mol. The Hall–Kier alpha value is -1.65. The van der Waals surface area contributed by atoms with E-state index in [0.29, 0.717) is 11.6 Å². The van der Waals surface area contributed by atoms with Crippen LogP contribution in [-0.4, -0.2) is 22.5 Å². The Bertz CT molecular complexity index is 513. The molecule has 2 N–H and O–H groups in total. The summed E-state index contributed by atoms with van der Waals surface area (Å²) >= 11 is 0. The van der Waals surface area contributed by atoms with Crippen LogP contribution in [-0.2, 0) is 0 Å². The van der Waals surface area contributed by atoms with Crippen LogP contribution in [0.1, 0.15) is 37.1 Å². The van der Waals surface area contributed by atoms with Crippen molar-refractivity contribution >= 4 is 11.8 Å². The molecule has 0 saturated heterocycles. The number of nitrogens with one attached hydrogen (secondary N) is 2. The van der Waals surface area contributed by atoms with Crippen LogP contribution in [0.3, 0.4) is 0 Å². The molecular formula is C15H22N4O. The molecule has 2 saturated carbocycles. The molecule has 5 nitrogen and oxygen atoms in total. The Morgan fingerprint density at radius 2 is 2.20 bits per heavy atom. The average molecular weight is 274 g/mol. The molecule has 2 aliphatic rings. The van der Waals surface area contributed by atoms with Gasteiger partial charge in [-0.25, -0.2) is 14.8 Å². The average Bonchev–Trinajstić information content (AvgIpc) is 3.24. The van der Waals surface area contributed by atoms with Crippen molar-refractivity contribution in [2.45, 2.75) is 39.5 Å². The molecule has 0 spiro atoms. The van der Waals surface area contributed by atoms with Crippen molar-refractivity contribution in [3.8, 4) is 0 Å². The van der Waals surface area contributed by atoms with Gasteiger partial charge in [-0.05, 0) is 57.3 Å². The summed E-state index contributed by atoms with van der Waals surface area (Å²) in [7, 11) is 0. The molecule has 2 atom stereocenters. The van der Waals surface area contributed by atoms with E-state index >= 15 is 0 Å². The van der Waals surface area contributed by atoms with Crippen LogP contribution >= 0.6 is 0 Å². The number of nitrogens with zero attached hydrogens (tertiary/aromatic N) is 2. The lowest BCUT2D eigenvalue weighted by molar-refractivity contribution is 0.251. The molecule has 2 aliphatic carbocycles. The van der Waals surface area contributed by atoms with Gasteiger partial charge in [-0.3, -0.25) is 5.32 Å². The van der Waals surface area contributed by atoms with Crippen LogP contribution in [0.15, 0.2) is 6.20 Å². The molecule has 0 radical (unpaired) electrons. The molecule has 1 aromatic heterocycles. The van der Waals surface area contributed by atoms with Crippen LogP contribution in [0.4, 0.5) is 10.6 Å². The van der Waals surface area contributed by atoms with Gasteiger partial charge in [-0.15, -0.1) is 0 Å². The number of anilines is 1. The summed E-state index contributed by atoms with van der Waals surface area (Å²) in [5, 5.41) is 5.71. The largest absolute Gasteiger partial charge is 0.338 e. The number of urea groups is 1. The van der Waals surface area contributed by atoms with Crippen molar-refractivity contribution in [3.05, 3.63) is 17.6 Å². The van der Waals surface area contributed by atoms with E-state index in [9.17, 15) is 4.79 Å². The van der Waals surface area contributed by atoms with Gasteiger partial charge >= 0.3 is 6.03 Å². The van der Waals surface area contributed by atoms with E-state index < -0.39 is 0 Å². The Labute approximate surface area is 119 Å². The highest BCUT2D eigenvalue weighted by Crippen LogP contribution is 2.55. The fourth-order valence-electron chi connectivity index (χ4n) is 2.88. The topological polar surface area (TPSA) is 66.9 Å². The van der Waals surface area contributed by atoms with Crippen molar-refractivity contribution < 1.29 is 4.79 Å². The minimum absolute atomic E-state index is 0.171. The van der Waals surface area contributed by atoms with E-state index in [1.165, 1.54) is 19.3 Å². The van der Waals surface area contributed by atoms with Gasteiger partial charge in [0, 0.05) is 18.3 Å². The molecule has 2 amide bonds. The normalized spacial score (nSPS) is 24.3. The molecule has 0 unspecified atom stereocenters. The van der Waals surface area contributed by atoms with Gasteiger partial charge in [-0.2, -0.15) is 0 Å². The maximum absolute atomic E-state index is 11.8. The van der Waals surface area contributed by atoms with Crippen LogP contribution in [0.2, 0.25) is 0 Å². The quantitative estimate of drug-likeness (QED) is 0.867. The van der Waals surface area contributed by atoms with Crippen molar-refractivity contribution in [2.24, 2.45) is 17.8 Å². The summed E-state index contributed by atoms with van der Waals surface area (Å²) in [6, 6.07) is -0.171. The van der Waals surface area contributed by atoms with Crippen molar-refractivity contribution in [1.82, 2.24) is 15.3 Å². The zero-order valence-electron chi connectivity index (χ0n) is 12.1. The Morgan fingerprint density at radius 1 is 1.40 bits per heavy atom. The zero-order chi connectivity index (χ0) is 14.1. The molecule has 108 valence electrons. The van der Waals surface area contributed by atoms with E-state index in [0.717, 1.165) is 36.3 Å². The molecular weight excluding hydrogens is 252 g/mol. The smallest absolute Gasteiger partial charge is 0.320 e. The third-order valence-electron chi connectivity index (χ3n) is 4.33. The number of rotatable bonds is 5. The monoisotopic (exact) mass is 274 g/mol. The Balaban J connectivity index is 1.39. The fourth-order valence-corrected chi connectivity index (χ4v) is 2.88. The lowest BCUT2D eigenvalue weighted by Gasteiger charge is -2.09. The van der Waals surface area contributed by atoms with Gasteiger partial charge in [-0.1, -0.05) is 0 Å². The van der Waals surface area contributed by atoms with E-state index in [-0.39, 0.29) is 6.03 Å². The van der Waals surface area contributed by atoms with Crippen molar-refractivity contribution in [3.63, 3.8) is 0 Å². The minimum Gasteiger partial charge on any atom is -0.338 e. The highest BCUT2D eigenvalue weighted by Gasteiger charge is 2.46. The van der Waals surface area contributed by atoms with E-state index in [1.807, 2.05) is 13.8 Å². The highest BCUT2D eigenvalue weighted by atomic mass is 16.2. The highest BCUT2D eigenvalue weighted by molar-refractivity contribution is 5.88. The van der Waals surface area contributed by atoms with Gasteiger partial charge in [0.2, 0.25) is 0 Å². The van der Waals surface area contributed by atoms with E-state index in [4.69, 9.17) is 0 Å². The lowest BCUT2D eigenvalue weighted by Crippen LogP contribution is -2.30. The molecule has 2 fully saturated rings. The summed E-state index contributed by atoms with van der Waals surface area (Å²) in [5.41, 5.74) is 0.877. The first-order valence-electron chi connectivity index (χ1n) is 7.48. The fraction of sp³-hybridized carbons (Fsp3) is 0.667. The second-order valence-electron chi connectivity index (χ2n) is 6.12. The molecule has 3 rings (SSSR count). The Morgan fingerprint density at radius 3 is 2.95 bits per heavy atom. The van der Waals surface area contributed by atoms with Gasteiger partial charge in [0.25, 0.3) is 0 Å². The number of hydrogen-bond acceptors (Lipinski definition) is 3. The number of aryl methyl sites for hydroxylation is 2. The lowest BCUT2D eigenvalue weighted by atomic mass is 10.2. The standard InChI is InChI=1S/C15H22N4O/c1-9-8-17-10(2)18-14(9)19-15(20)16-6-5-12-7-13(12)11-3-4-11/h8,11-13H,3-7H2,1-2H3,(H2,16,17,18,19,20)/t12-,13+/m1/s1. The van der Waals surface area contributed by atoms with Crippen LogP contribution in [0.25, 0.3) is 0 Å². The van der Waals surface area contributed by atoms with Gasteiger partial charge < -0.3 is 5.32 Å². The van der Waals surface area contributed by atoms with Gasteiger partial charge in [0.15, 0.2) is 0 Å². The molecule has 5 heteroatoms. The first kappa shape index (κ1) is 13.3. The third-order valence-corrected chi connectivity index (χ3v) is 4.33. The summed E-state index contributed by atoms with van der Waals surface area (Å²) in [6.45, 7) is 4.45. The predicted octanol–water partition coefficient (Wildman–Crippen LogP) is 2.65. The number of hydrogen-bond donors (Lipinski definition) is 2. The summed E-state index contributed by atoms with van der Waals surface area (Å²) in [4.78, 5) is 20.1. The molecule has 1 aromatic rings. The number of aromatic nitrogens is 2. The number of carbonyl (C=O) groups is 1. The summed E-state index contributed by atoms with van der Waals surface area (Å²) in [5.74, 6) is 4.09. The molecule has 0 aromatic carbocycles. The van der Waals surface area contributed by atoms with Crippen LogP contribution < -0.4 is 10.6 Å². The number of amides is 2. The first-order chi connectivity index (χ1) is 9.63. The molecule has 0 aliphatic heterocycles. The van der Waals surface area contributed by atoms with Crippen molar-refractivity contribution in [1.29, 1.82) is 0 Å². The molecule has 20 heavy (non-hydrogen) atoms. The zero-order valence-corrected chi connectivity index (χ0v) is 12.1. The SMILES string of the molecule is Cc1ncc(C)c(NC(=O)NCC[C@@H]2C[C@H]2C2CC2)n1. The van der Waals surface area contributed by atoms with Gasteiger partial charge in [0.1, 0.15) is 11.6 Å². The first-order valence-corrected chi connectivity index (χ1v) is 7.48. The Kier molecular flexibility index (Phi) is 3.59. The third kappa shape index (κ3) is 3.26. The van der Waals surface area contributed by atoms with Crippen LogP contribution in [0.5, 0.6) is 0 Å². The second kappa shape index (κ2) is 5.38. The maximum Gasteiger partial charge on any atom is 0.320 e. The van der Waals surface area contributed by atoms with E-state index in [1.54, 1.807) is 6.20 Å². The molecule has 0 bridgehead atoms. The van der Waals surface area contributed by atoms with Gasteiger partial charge in [0.05, 0.1) is 0 Å². The summed E-state index contributed by atoms with van der Waals surface area (Å²) in [6.07, 6.45) is 7.07. The van der Waals surface area contributed by atoms with Crippen molar-refractivity contribution in [2.75, 3.05) is 11.9 Å². The molecule has 1 heterocycles. The minimum atomic E-state index is -0.171. The maximum atomic E-state index is 11.8. The second-order valence-corrected chi connectivity index (χ2v) is 6.12.